The van der Waals surface area contributed by atoms with E-state index in [9.17, 15) is 18.0 Å². The summed E-state index contributed by atoms with van der Waals surface area (Å²) < 4.78 is 29.6. The van der Waals surface area contributed by atoms with Crippen LogP contribution in [0.25, 0.3) is 10.8 Å². The van der Waals surface area contributed by atoms with Gasteiger partial charge in [-0.3, -0.25) is 14.9 Å². The largest absolute Gasteiger partial charge is 0.496 e. The average Bonchev–Trinajstić information content (AvgIpc) is 2.86. The van der Waals surface area contributed by atoms with Gasteiger partial charge < -0.3 is 4.74 Å². The predicted molar refractivity (Wildman–Crippen MR) is 90.3 cm³/mol. The number of methoxy groups -OCH3 is 1. The zero-order valence-corrected chi connectivity index (χ0v) is 14.9. The Balaban J connectivity index is 2.10. The maximum absolute atomic E-state index is 12.6. The van der Waals surface area contributed by atoms with Crippen molar-refractivity contribution < 1.29 is 22.7 Å². The number of thioether (sulfide) groups is 1. The van der Waals surface area contributed by atoms with Gasteiger partial charge in [0.15, 0.2) is 14.4 Å². The maximum atomic E-state index is 12.6. The molecule has 1 unspecified atom stereocenters. The van der Waals surface area contributed by atoms with Crippen LogP contribution in [-0.2, 0) is 14.6 Å². The Labute approximate surface area is 144 Å². The molecule has 9 heteroatoms. The zero-order valence-electron chi connectivity index (χ0n) is 11.7. The number of carbonyl (C=O) groups is 2. The number of benzene rings is 2. The van der Waals surface area contributed by atoms with Crippen molar-refractivity contribution in [2.24, 2.45) is 0 Å². The quantitative estimate of drug-likeness (QED) is 0.828. The molecule has 0 bridgehead atoms. The van der Waals surface area contributed by atoms with Crippen molar-refractivity contribution in [3.63, 3.8) is 0 Å². The third-order valence-corrected chi connectivity index (χ3v) is 7.67. The van der Waals surface area contributed by atoms with Gasteiger partial charge in [0, 0.05) is 0 Å². The summed E-state index contributed by atoms with van der Waals surface area (Å²) in [5.74, 6) is -0.180. The molecule has 1 heterocycles. The van der Waals surface area contributed by atoms with Crippen LogP contribution < -0.4 is 10.1 Å². The van der Waals surface area contributed by atoms with Crippen LogP contribution >= 0.6 is 27.7 Å². The molecular formula is C14H10BrNO5S2. The number of halogens is 1. The molecular weight excluding hydrogens is 406 g/mol. The molecule has 0 spiro atoms. The number of amides is 2. The summed E-state index contributed by atoms with van der Waals surface area (Å²) in [5, 5.41) is 2.79. The number of rotatable bonds is 3. The van der Waals surface area contributed by atoms with E-state index in [4.69, 9.17) is 4.74 Å². The molecule has 2 aromatic carbocycles. The highest BCUT2D eigenvalue weighted by Crippen LogP contribution is 2.36. The van der Waals surface area contributed by atoms with Gasteiger partial charge in [-0.15, -0.1) is 0 Å². The molecule has 0 aliphatic carbocycles. The van der Waals surface area contributed by atoms with Crippen molar-refractivity contribution in [2.75, 3.05) is 7.11 Å². The van der Waals surface area contributed by atoms with Crippen LogP contribution in [0.4, 0.5) is 4.79 Å². The lowest BCUT2D eigenvalue weighted by molar-refractivity contribution is -0.117. The van der Waals surface area contributed by atoms with Gasteiger partial charge in [0.05, 0.1) is 16.5 Å². The fraction of sp³-hybridized carbons (Fsp3) is 0.143. The lowest BCUT2D eigenvalue weighted by atomic mass is 10.1. The first-order valence-electron chi connectivity index (χ1n) is 6.36. The molecule has 0 aromatic heterocycles. The minimum atomic E-state index is -3.96. The number of imide groups is 1. The second-order valence-corrected chi connectivity index (χ2v) is 8.94. The van der Waals surface area contributed by atoms with Gasteiger partial charge in [-0.25, -0.2) is 8.42 Å². The Kier molecular flexibility index (Phi) is 4.11. The third-order valence-electron chi connectivity index (χ3n) is 3.37. The first kappa shape index (κ1) is 16.3. The Hall–Kier alpha value is -1.58. The van der Waals surface area contributed by atoms with Crippen LogP contribution in [0.15, 0.2) is 39.7 Å². The van der Waals surface area contributed by atoms with Crippen LogP contribution in [0, 0.1) is 0 Å². The second-order valence-electron chi connectivity index (χ2n) is 4.74. The van der Waals surface area contributed by atoms with Crippen molar-refractivity contribution in [3.05, 3.63) is 34.8 Å². The van der Waals surface area contributed by atoms with Crippen LogP contribution in [0.2, 0.25) is 0 Å². The van der Waals surface area contributed by atoms with Gasteiger partial charge in [-0.05, 0) is 56.7 Å². The predicted octanol–water partition coefficient (Wildman–Crippen LogP) is 2.69. The Bertz CT molecular complexity index is 942. The third kappa shape index (κ3) is 2.73. The van der Waals surface area contributed by atoms with E-state index in [1.165, 1.54) is 19.2 Å². The molecule has 1 N–H and O–H groups in total. The summed E-state index contributed by atoms with van der Waals surface area (Å²) >= 11 is 3.89. The summed E-state index contributed by atoms with van der Waals surface area (Å²) in [7, 11) is -2.42. The number of hydrogen-bond acceptors (Lipinski definition) is 6. The molecule has 120 valence electrons. The summed E-state index contributed by atoms with van der Waals surface area (Å²) in [6.45, 7) is 0. The zero-order chi connectivity index (χ0) is 16.8. The highest BCUT2D eigenvalue weighted by atomic mass is 79.9. The van der Waals surface area contributed by atoms with E-state index in [0.717, 1.165) is 5.39 Å². The SMILES string of the molecule is COc1ccc2cc(S(=O)(=O)C3SC(=O)NC3=O)ccc2c1Br. The topological polar surface area (TPSA) is 89.5 Å². The fourth-order valence-corrected chi connectivity index (χ4v) is 5.67. The monoisotopic (exact) mass is 415 g/mol. The standard InChI is InChI=1S/C14H10BrNO5S2/c1-21-10-5-2-7-6-8(3-4-9(7)11(10)15)23(19,20)13-12(17)16-14(18)22-13/h2-6,13H,1H3,(H,16,17,18). The molecule has 3 rings (SSSR count). The Morgan fingerprint density at radius 2 is 1.96 bits per heavy atom. The molecule has 0 saturated carbocycles. The number of sulfone groups is 1. The van der Waals surface area contributed by atoms with Crippen molar-refractivity contribution in [1.29, 1.82) is 0 Å². The first-order valence-corrected chi connectivity index (χ1v) is 9.58. The smallest absolute Gasteiger partial charge is 0.287 e. The molecule has 2 amide bonds. The van der Waals surface area contributed by atoms with Crippen molar-refractivity contribution in [1.82, 2.24) is 5.32 Å². The van der Waals surface area contributed by atoms with E-state index < -0.39 is 25.6 Å². The van der Waals surface area contributed by atoms with Gasteiger partial charge in [0.1, 0.15) is 5.75 Å². The van der Waals surface area contributed by atoms with Crippen molar-refractivity contribution in [2.45, 2.75) is 9.48 Å². The van der Waals surface area contributed by atoms with Gasteiger partial charge in [-0.1, -0.05) is 12.1 Å². The summed E-state index contributed by atoms with van der Waals surface area (Å²) in [5.41, 5.74) is 0. The van der Waals surface area contributed by atoms with Gasteiger partial charge in [0.2, 0.25) is 0 Å². The number of fused-ring (bicyclic) bond motifs is 1. The van der Waals surface area contributed by atoms with E-state index in [-0.39, 0.29) is 4.90 Å². The first-order chi connectivity index (χ1) is 10.8. The van der Waals surface area contributed by atoms with E-state index in [0.29, 0.717) is 27.4 Å². The van der Waals surface area contributed by atoms with E-state index in [2.05, 4.69) is 15.9 Å². The Morgan fingerprint density at radius 1 is 1.22 bits per heavy atom. The van der Waals surface area contributed by atoms with E-state index in [1.54, 1.807) is 18.2 Å². The highest BCUT2D eigenvalue weighted by Gasteiger charge is 2.42. The van der Waals surface area contributed by atoms with Gasteiger partial charge in [0.25, 0.3) is 11.1 Å². The van der Waals surface area contributed by atoms with Crippen molar-refractivity contribution >= 4 is 59.4 Å². The summed E-state index contributed by atoms with van der Waals surface area (Å²) in [4.78, 5) is 22.9. The maximum Gasteiger partial charge on any atom is 0.287 e. The minimum Gasteiger partial charge on any atom is -0.496 e. The van der Waals surface area contributed by atoms with Crippen LogP contribution in [0.5, 0.6) is 5.75 Å². The summed E-state index contributed by atoms with van der Waals surface area (Å²) in [6, 6.07) is 7.96. The number of carbonyl (C=O) groups excluding carboxylic acids is 2. The van der Waals surface area contributed by atoms with Crippen LogP contribution in [-0.4, -0.2) is 31.3 Å². The summed E-state index contributed by atoms with van der Waals surface area (Å²) in [6.07, 6.45) is 0. The fourth-order valence-electron chi connectivity index (χ4n) is 2.25. The lowest BCUT2D eigenvalue weighted by Gasteiger charge is -2.11. The van der Waals surface area contributed by atoms with Crippen molar-refractivity contribution in [3.8, 4) is 5.75 Å². The van der Waals surface area contributed by atoms with E-state index in [1.807, 2.05) is 5.32 Å². The molecule has 0 radical (unpaired) electrons. The number of hydrogen-bond donors (Lipinski definition) is 1. The lowest BCUT2D eigenvalue weighted by Crippen LogP contribution is -2.30. The van der Waals surface area contributed by atoms with E-state index >= 15 is 0 Å². The molecule has 1 saturated heterocycles. The van der Waals surface area contributed by atoms with Crippen LogP contribution in [0.3, 0.4) is 0 Å². The molecule has 1 fully saturated rings. The van der Waals surface area contributed by atoms with Gasteiger partial charge >= 0.3 is 0 Å². The molecule has 23 heavy (non-hydrogen) atoms. The van der Waals surface area contributed by atoms with Gasteiger partial charge in [-0.2, -0.15) is 0 Å². The molecule has 1 aliphatic heterocycles. The Morgan fingerprint density at radius 3 is 2.57 bits per heavy atom. The molecule has 1 atom stereocenters. The number of nitrogens with one attached hydrogen (secondary N) is 1. The normalized spacial score (nSPS) is 18.3. The highest BCUT2D eigenvalue weighted by molar-refractivity contribution is 9.10. The molecule has 6 nitrogen and oxygen atoms in total. The second kappa shape index (κ2) is 5.81. The molecule has 2 aromatic rings. The molecule has 1 aliphatic rings. The average molecular weight is 416 g/mol. The minimum absolute atomic E-state index is 0.00980. The number of ether oxygens (including phenoxy) is 1. The van der Waals surface area contributed by atoms with Crippen LogP contribution in [0.1, 0.15) is 0 Å².